The molecule has 0 saturated heterocycles. The third-order valence-corrected chi connectivity index (χ3v) is 4.18. The lowest BCUT2D eigenvalue weighted by atomic mass is 10.2. The number of aryl methyl sites for hydroxylation is 1. The van der Waals surface area contributed by atoms with E-state index in [1.807, 2.05) is 37.3 Å². The first-order chi connectivity index (χ1) is 11.8. The van der Waals surface area contributed by atoms with Crippen LogP contribution in [0.15, 0.2) is 54.7 Å². The van der Waals surface area contributed by atoms with Crippen molar-refractivity contribution in [3.8, 4) is 11.5 Å². The van der Waals surface area contributed by atoms with Gasteiger partial charge in [-0.2, -0.15) is 0 Å². The minimum atomic E-state index is 0.694. The molecule has 4 heteroatoms. The summed E-state index contributed by atoms with van der Waals surface area (Å²) in [6.07, 6.45) is 4.23. The largest absolute Gasteiger partial charge is 0.494 e. The number of ether oxygens (including phenoxy) is 2. The second-order valence-corrected chi connectivity index (χ2v) is 6.11. The number of rotatable bonds is 8. The molecule has 0 atom stereocenters. The molecule has 3 aromatic rings. The van der Waals surface area contributed by atoms with Crippen molar-refractivity contribution in [2.45, 2.75) is 26.3 Å². The summed E-state index contributed by atoms with van der Waals surface area (Å²) in [7, 11) is 0. The predicted molar refractivity (Wildman–Crippen MR) is 99.3 cm³/mol. The van der Waals surface area contributed by atoms with E-state index in [1.54, 1.807) is 0 Å². The van der Waals surface area contributed by atoms with Crippen molar-refractivity contribution in [1.29, 1.82) is 0 Å². The lowest BCUT2D eigenvalue weighted by Crippen LogP contribution is -2.01. The van der Waals surface area contributed by atoms with E-state index < -0.39 is 0 Å². The molecule has 0 spiro atoms. The van der Waals surface area contributed by atoms with E-state index in [1.165, 1.54) is 10.9 Å². The van der Waals surface area contributed by atoms with Crippen LogP contribution < -0.4 is 9.47 Å². The summed E-state index contributed by atoms with van der Waals surface area (Å²) < 4.78 is 13.6. The van der Waals surface area contributed by atoms with Gasteiger partial charge in [-0.3, -0.25) is 0 Å². The summed E-state index contributed by atoms with van der Waals surface area (Å²) in [5.41, 5.74) is 1.25. The van der Waals surface area contributed by atoms with Crippen molar-refractivity contribution < 1.29 is 9.47 Å². The average Bonchev–Trinajstić information content (AvgIpc) is 2.99. The van der Waals surface area contributed by atoms with Crippen molar-refractivity contribution in [2.24, 2.45) is 0 Å². The molecule has 3 rings (SSSR count). The number of hydrogen-bond acceptors (Lipinski definition) is 2. The van der Waals surface area contributed by atoms with Crippen LogP contribution in [-0.2, 0) is 6.54 Å². The van der Waals surface area contributed by atoms with Gasteiger partial charge in [-0.15, -0.1) is 0 Å². The molecule has 0 amide bonds. The second kappa shape index (κ2) is 8.11. The van der Waals surface area contributed by atoms with Crippen molar-refractivity contribution in [3.05, 3.63) is 59.8 Å². The van der Waals surface area contributed by atoms with Gasteiger partial charge in [-0.1, -0.05) is 11.6 Å². The van der Waals surface area contributed by atoms with Gasteiger partial charge < -0.3 is 14.0 Å². The van der Waals surface area contributed by atoms with E-state index in [9.17, 15) is 0 Å². The number of unbranched alkanes of at least 4 members (excludes halogenated alkanes) is 1. The average molecular weight is 344 g/mol. The highest BCUT2D eigenvalue weighted by atomic mass is 35.5. The summed E-state index contributed by atoms with van der Waals surface area (Å²) in [5.74, 6) is 1.80. The molecule has 24 heavy (non-hydrogen) atoms. The zero-order valence-corrected chi connectivity index (χ0v) is 14.6. The number of halogens is 1. The molecular formula is C20H22ClNO2. The Morgan fingerprint density at radius 1 is 0.917 bits per heavy atom. The Morgan fingerprint density at radius 2 is 1.71 bits per heavy atom. The van der Waals surface area contributed by atoms with E-state index >= 15 is 0 Å². The summed E-state index contributed by atoms with van der Waals surface area (Å²) in [6.45, 7) is 4.40. The summed E-state index contributed by atoms with van der Waals surface area (Å²) in [6, 6.07) is 15.9. The molecule has 0 bridgehead atoms. The van der Waals surface area contributed by atoms with Crippen LogP contribution in [0, 0.1) is 0 Å². The van der Waals surface area contributed by atoms with Crippen molar-refractivity contribution in [3.63, 3.8) is 0 Å². The highest BCUT2D eigenvalue weighted by Gasteiger charge is 2.03. The number of hydrogen-bond donors (Lipinski definition) is 0. The molecule has 0 fully saturated rings. The maximum atomic E-state index is 5.86. The molecule has 0 saturated carbocycles. The van der Waals surface area contributed by atoms with Gasteiger partial charge in [-0.05, 0) is 68.3 Å². The fraction of sp³-hybridized carbons (Fsp3) is 0.300. The number of nitrogens with zero attached hydrogens (tertiary/aromatic N) is 1. The van der Waals surface area contributed by atoms with Gasteiger partial charge in [0.05, 0.1) is 13.2 Å². The molecule has 0 N–H and O–H groups in total. The highest BCUT2D eigenvalue weighted by Crippen LogP contribution is 2.22. The molecule has 1 aromatic heterocycles. The highest BCUT2D eigenvalue weighted by molar-refractivity contribution is 6.30. The van der Waals surface area contributed by atoms with E-state index in [4.69, 9.17) is 21.1 Å². The fourth-order valence-corrected chi connectivity index (χ4v) is 2.86. The fourth-order valence-electron chi connectivity index (χ4n) is 2.73. The lowest BCUT2D eigenvalue weighted by Gasteiger charge is -2.08. The first-order valence-corrected chi connectivity index (χ1v) is 8.74. The molecule has 2 aromatic carbocycles. The van der Waals surface area contributed by atoms with E-state index in [0.29, 0.717) is 6.61 Å². The van der Waals surface area contributed by atoms with Crippen molar-refractivity contribution in [2.75, 3.05) is 13.2 Å². The van der Waals surface area contributed by atoms with Crippen molar-refractivity contribution in [1.82, 2.24) is 4.57 Å². The van der Waals surface area contributed by atoms with Crippen LogP contribution in [0.4, 0.5) is 0 Å². The third kappa shape index (κ3) is 4.24. The molecule has 0 aliphatic rings. The van der Waals surface area contributed by atoms with E-state index in [2.05, 4.69) is 29.0 Å². The quantitative estimate of drug-likeness (QED) is 0.500. The molecule has 126 valence electrons. The number of fused-ring (bicyclic) bond motifs is 1. The first-order valence-electron chi connectivity index (χ1n) is 8.36. The number of aromatic nitrogens is 1. The Kier molecular flexibility index (Phi) is 5.65. The van der Waals surface area contributed by atoms with Gasteiger partial charge in [0.1, 0.15) is 11.5 Å². The van der Waals surface area contributed by atoms with Gasteiger partial charge in [0, 0.05) is 28.7 Å². The predicted octanol–water partition coefficient (Wildman–Crippen LogP) is 5.55. The maximum Gasteiger partial charge on any atom is 0.120 e. The van der Waals surface area contributed by atoms with E-state index in [-0.39, 0.29) is 0 Å². The van der Waals surface area contributed by atoms with Crippen LogP contribution in [0.5, 0.6) is 11.5 Å². The third-order valence-electron chi connectivity index (χ3n) is 3.93. The normalized spacial score (nSPS) is 10.9. The van der Waals surface area contributed by atoms with Gasteiger partial charge in [0.25, 0.3) is 0 Å². The Hall–Kier alpha value is -2.13. The second-order valence-electron chi connectivity index (χ2n) is 5.67. The van der Waals surface area contributed by atoms with Gasteiger partial charge >= 0.3 is 0 Å². The molecule has 1 heterocycles. The zero-order valence-electron chi connectivity index (χ0n) is 13.9. The Labute approximate surface area is 147 Å². The summed E-state index contributed by atoms with van der Waals surface area (Å²) >= 11 is 5.86. The minimum absolute atomic E-state index is 0.694. The van der Waals surface area contributed by atoms with Crippen LogP contribution in [0.2, 0.25) is 5.02 Å². The molecular weight excluding hydrogens is 322 g/mol. The Balaban J connectivity index is 1.48. The SMILES string of the molecule is CCOc1ccc2c(ccn2CCCCOc2ccc(Cl)cc2)c1. The smallest absolute Gasteiger partial charge is 0.120 e. The molecule has 0 aliphatic carbocycles. The van der Waals surface area contributed by atoms with Gasteiger partial charge in [0.2, 0.25) is 0 Å². The molecule has 0 radical (unpaired) electrons. The van der Waals surface area contributed by atoms with Crippen LogP contribution in [0.25, 0.3) is 10.9 Å². The Bertz CT molecular complexity index is 780. The zero-order chi connectivity index (χ0) is 16.8. The van der Waals surface area contributed by atoms with Crippen LogP contribution in [0.1, 0.15) is 19.8 Å². The van der Waals surface area contributed by atoms with Crippen LogP contribution >= 0.6 is 11.6 Å². The monoisotopic (exact) mass is 343 g/mol. The summed E-state index contributed by atoms with van der Waals surface area (Å²) in [4.78, 5) is 0. The molecule has 0 unspecified atom stereocenters. The van der Waals surface area contributed by atoms with Crippen LogP contribution in [0.3, 0.4) is 0 Å². The maximum absolute atomic E-state index is 5.86. The first kappa shape index (κ1) is 16.7. The topological polar surface area (TPSA) is 23.4 Å². The standard InChI is InChI=1S/C20H22ClNO2/c1-2-23-19-9-10-20-16(15-19)11-13-22(20)12-3-4-14-24-18-7-5-17(21)6-8-18/h5-11,13,15H,2-4,12,14H2,1H3. The van der Waals surface area contributed by atoms with Gasteiger partial charge in [0.15, 0.2) is 0 Å². The molecule has 0 aliphatic heterocycles. The van der Waals surface area contributed by atoms with Crippen LogP contribution in [-0.4, -0.2) is 17.8 Å². The summed E-state index contributed by atoms with van der Waals surface area (Å²) in [5, 5.41) is 1.95. The molecule has 3 nitrogen and oxygen atoms in total. The minimum Gasteiger partial charge on any atom is -0.494 e. The lowest BCUT2D eigenvalue weighted by molar-refractivity contribution is 0.303. The van der Waals surface area contributed by atoms with Crippen molar-refractivity contribution >= 4 is 22.5 Å². The van der Waals surface area contributed by atoms with Gasteiger partial charge in [-0.25, -0.2) is 0 Å². The number of benzene rings is 2. The Morgan fingerprint density at radius 3 is 2.50 bits per heavy atom. The van der Waals surface area contributed by atoms with E-state index in [0.717, 1.165) is 42.5 Å².